The zero-order valence-corrected chi connectivity index (χ0v) is 13.1. The number of rotatable bonds is 5. The number of ether oxygens (including phenoxy) is 1. The van der Waals surface area contributed by atoms with E-state index in [1.165, 1.54) is 5.56 Å². The molecular formula is C17H24N2O3. The molecule has 0 aliphatic carbocycles. The maximum absolute atomic E-state index is 11.9. The highest BCUT2D eigenvalue weighted by molar-refractivity contribution is 5.76. The first-order valence-corrected chi connectivity index (χ1v) is 8.14. The van der Waals surface area contributed by atoms with Crippen molar-refractivity contribution in [1.29, 1.82) is 0 Å². The second kappa shape index (κ2) is 7.11. The number of carbonyl (C=O) groups is 1. The molecule has 0 radical (unpaired) electrons. The second-order valence-electron chi connectivity index (χ2n) is 6.07. The van der Waals surface area contributed by atoms with Gasteiger partial charge in [0.05, 0.1) is 6.61 Å². The minimum absolute atomic E-state index is 0.0688. The van der Waals surface area contributed by atoms with Gasteiger partial charge in [0, 0.05) is 32.5 Å². The Hall–Kier alpha value is -1.59. The first kappa shape index (κ1) is 15.3. The van der Waals surface area contributed by atoms with E-state index in [2.05, 4.69) is 18.3 Å². The van der Waals surface area contributed by atoms with Crippen molar-refractivity contribution in [2.75, 3.05) is 19.7 Å². The topological polar surface area (TPSA) is 50.8 Å². The van der Waals surface area contributed by atoms with Crippen LogP contribution in [-0.4, -0.2) is 36.8 Å². The van der Waals surface area contributed by atoms with Gasteiger partial charge in [0.15, 0.2) is 0 Å². The van der Waals surface area contributed by atoms with Gasteiger partial charge in [-0.1, -0.05) is 12.1 Å². The molecule has 2 aliphatic heterocycles. The number of nitrogens with zero attached hydrogens (tertiary/aromatic N) is 1. The summed E-state index contributed by atoms with van der Waals surface area (Å²) in [7, 11) is 0. The molecule has 1 aromatic carbocycles. The summed E-state index contributed by atoms with van der Waals surface area (Å²) >= 11 is 0. The Balaban J connectivity index is 1.42. The third-order valence-electron chi connectivity index (χ3n) is 4.11. The van der Waals surface area contributed by atoms with E-state index in [0.717, 1.165) is 43.7 Å². The summed E-state index contributed by atoms with van der Waals surface area (Å²) < 4.78 is 5.69. The Morgan fingerprint density at radius 1 is 1.41 bits per heavy atom. The van der Waals surface area contributed by atoms with Gasteiger partial charge in [-0.15, -0.1) is 0 Å². The molecule has 1 fully saturated rings. The van der Waals surface area contributed by atoms with Gasteiger partial charge in [-0.2, -0.15) is 5.06 Å². The van der Waals surface area contributed by atoms with Crippen molar-refractivity contribution in [2.24, 2.45) is 0 Å². The van der Waals surface area contributed by atoms with Crippen LogP contribution in [0.25, 0.3) is 0 Å². The maximum Gasteiger partial charge on any atom is 0.221 e. The predicted octanol–water partition coefficient (Wildman–Crippen LogP) is 2.04. The van der Waals surface area contributed by atoms with E-state index in [9.17, 15) is 4.79 Å². The van der Waals surface area contributed by atoms with Crippen molar-refractivity contribution in [1.82, 2.24) is 10.4 Å². The molecule has 1 unspecified atom stereocenters. The molecule has 5 heteroatoms. The molecule has 2 aliphatic rings. The van der Waals surface area contributed by atoms with E-state index in [-0.39, 0.29) is 12.0 Å². The molecule has 1 saturated heterocycles. The Morgan fingerprint density at radius 2 is 2.32 bits per heavy atom. The fraction of sp³-hybridized carbons (Fsp3) is 0.588. The molecule has 5 nitrogen and oxygen atoms in total. The van der Waals surface area contributed by atoms with Gasteiger partial charge < -0.3 is 10.1 Å². The summed E-state index contributed by atoms with van der Waals surface area (Å²) in [5.41, 5.74) is 2.36. The van der Waals surface area contributed by atoms with Gasteiger partial charge in [0.1, 0.15) is 11.9 Å². The monoisotopic (exact) mass is 304 g/mol. The van der Waals surface area contributed by atoms with E-state index >= 15 is 0 Å². The van der Waals surface area contributed by atoms with Gasteiger partial charge in [-0.05, 0) is 37.0 Å². The molecule has 3 rings (SSSR count). The van der Waals surface area contributed by atoms with E-state index in [1.54, 1.807) is 0 Å². The fourth-order valence-corrected chi connectivity index (χ4v) is 2.93. The molecule has 0 saturated carbocycles. The molecule has 0 spiro atoms. The Bertz CT molecular complexity index is 527. The van der Waals surface area contributed by atoms with Crippen LogP contribution in [0.15, 0.2) is 18.2 Å². The Labute approximate surface area is 131 Å². The molecule has 120 valence electrons. The van der Waals surface area contributed by atoms with Gasteiger partial charge in [0.2, 0.25) is 5.91 Å². The first-order valence-electron chi connectivity index (χ1n) is 8.14. The van der Waals surface area contributed by atoms with E-state index in [0.29, 0.717) is 19.5 Å². The summed E-state index contributed by atoms with van der Waals surface area (Å²) in [5, 5.41) is 4.88. The van der Waals surface area contributed by atoms with E-state index in [1.807, 2.05) is 17.2 Å². The van der Waals surface area contributed by atoms with Gasteiger partial charge in [-0.25, -0.2) is 0 Å². The minimum atomic E-state index is 0.0688. The molecule has 0 aromatic heterocycles. The normalized spacial score (nSPS) is 21.2. The molecule has 22 heavy (non-hydrogen) atoms. The van der Waals surface area contributed by atoms with E-state index < -0.39 is 0 Å². The maximum atomic E-state index is 11.9. The van der Waals surface area contributed by atoms with Crippen molar-refractivity contribution >= 4 is 5.91 Å². The molecule has 1 atom stereocenters. The van der Waals surface area contributed by atoms with Crippen LogP contribution in [-0.2, 0) is 22.6 Å². The van der Waals surface area contributed by atoms with Crippen LogP contribution in [0.1, 0.15) is 37.3 Å². The van der Waals surface area contributed by atoms with Crippen LogP contribution in [0.3, 0.4) is 0 Å². The van der Waals surface area contributed by atoms with Crippen LogP contribution in [0.5, 0.6) is 5.75 Å². The van der Waals surface area contributed by atoms with Gasteiger partial charge in [0.25, 0.3) is 0 Å². The smallest absolute Gasteiger partial charge is 0.221 e. The SMILES string of the molecule is CC1Cc2cc(CNC(=O)CCN3CCCCO3)ccc2O1. The molecule has 2 heterocycles. The van der Waals surface area contributed by atoms with Crippen molar-refractivity contribution in [3.63, 3.8) is 0 Å². The van der Waals surface area contributed by atoms with Crippen molar-refractivity contribution in [3.05, 3.63) is 29.3 Å². The molecule has 1 N–H and O–H groups in total. The zero-order chi connectivity index (χ0) is 15.4. The van der Waals surface area contributed by atoms with E-state index in [4.69, 9.17) is 9.57 Å². The summed E-state index contributed by atoms with van der Waals surface area (Å²) in [6, 6.07) is 6.15. The molecular weight excluding hydrogens is 280 g/mol. The number of hydrogen-bond acceptors (Lipinski definition) is 4. The lowest BCUT2D eigenvalue weighted by Gasteiger charge is -2.25. The van der Waals surface area contributed by atoms with Crippen molar-refractivity contribution in [2.45, 2.75) is 45.3 Å². The highest BCUT2D eigenvalue weighted by Crippen LogP contribution is 2.29. The number of amides is 1. The number of benzene rings is 1. The van der Waals surface area contributed by atoms with Crippen molar-refractivity contribution < 1.29 is 14.4 Å². The lowest BCUT2D eigenvalue weighted by Crippen LogP contribution is -2.34. The molecule has 0 bridgehead atoms. The quantitative estimate of drug-likeness (QED) is 0.904. The van der Waals surface area contributed by atoms with Crippen LogP contribution >= 0.6 is 0 Å². The Kier molecular flexibility index (Phi) is 4.95. The van der Waals surface area contributed by atoms with Crippen LogP contribution in [0.2, 0.25) is 0 Å². The molecule has 1 amide bonds. The standard InChI is InChI=1S/C17H24N2O3/c1-13-10-15-11-14(4-5-16(15)22-13)12-18-17(20)6-8-19-7-2-3-9-21-19/h4-5,11,13H,2-3,6-10,12H2,1H3,(H,18,20). The largest absolute Gasteiger partial charge is 0.490 e. The lowest BCUT2D eigenvalue weighted by molar-refractivity contribution is -0.181. The second-order valence-corrected chi connectivity index (χ2v) is 6.07. The minimum Gasteiger partial charge on any atom is -0.490 e. The fourth-order valence-electron chi connectivity index (χ4n) is 2.93. The zero-order valence-electron chi connectivity index (χ0n) is 13.1. The number of nitrogens with one attached hydrogen (secondary N) is 1. The van der Waals surface area contributed by atoms with Crippen LogP contribution < -0.4 is 10.1 Å². The number of fused-ring (bicyclic) bond motifs is 1. The lowest BCUT2D eigenvalue weighted by atomic mass is 10.1. The van der Waals surface area contributed by atoms with Gasteiger partial charge >= 0.3 is 0 Å². The number of carbonyl (C=O) groups excluding carboxylic acids is 1. The summed E-state index contributed by atoms with van der Waals surface area (Å²) in [5.74, 6) is 1.05. The predicted molar refractivity (Wildman–Crippen MR) is 83.5 cm³/mol. The number of hydrogen-bond donors (Lipinski definition) is 1. The average molecular weight is 304 g/mol. The third-order valence-corrected chi connectivity index (χ3v) is 4.11. The highest BCUT2D eigenvalue weighted by atomic mass is 16.7. The number of hydroxylamine groups is 2. The Morgan fingerprint density at radius 3 is 3.14 bits per heavy atom. The highest BCUT2D eigenvalue weighted by Gasteiger charge is 2.19. The third kappa shape index (κ3) is 3.99. The van der Waals surface area contributed by atoms with Gasteiger partial charge in [-0.3, -0.25) is 9.63 Å². The molecule has 1 aromatic rings. The average Bonchev–Trinajstić information content (AvgIpc) is 2.91. The van der Waals surface area contributed by atoms with Crippen LogP contribution in [0.4, 0.5) is 0 Å². The first-order chi connectivity index (χ1) is 10.7. The summed E-state index contributed by atoms with van der Waals surface area (Å²) in [4.78, 5) is 17.4. The van der Waals surface area contributed by atoms with Crippen molar-refractivity contribution in [3.8, 4) is 5.75 Å². The summed E-state index contributed by atoms with van der Waals surface area (Å²) in [6.45, 7) is 5.01. The van der Waals surface area contributed by atoms with Crippen LogP contribution in [0, 0.1) is 0 Å². The summed E-state index contributed by atoms with van der Waals surface area (Å²) in [6.07, 6.45) is 3.94.